The average Bonchev–Trinajstić information content (AvgIpc) is 3.43. The van der Waals surface area contributed by atoms with E-state index in [0.29, 0.717) is 12.8 Å². The number of rotatable bonds is 55. The zero-order valence-electron chi connectivity index (χ0n) is 49.7. The van der Waals surface area contributed by atoms with E-state index >= 15 is 0 Å². The van der Waals surface area contributed by atoms with Crippen LogP contribution in [-0.2, 0) is 28.6 Å². The molecule has 0 aliphatic carbocycles. The number of ether oxygens (including phenoxy) is 3. The van der Waals surface area contributed by atoms with E-state index in [9.17, 15) is 14.4 Å². The molecule has 0 spiro atoms. The molecule has 77 heavy (non-hydrogen) atoms. The fraction of sp³-hybridized carbons (Fsp3) is 0.620. The lowest BCUT2D eigenvalue weighted by Crippen LogP contribution is -2.30. The first-order chi connectivity index (χ1) is 38.0. The van der Waals surface area contributed by atoms with Crippen molar-refractivity contribution in [3.8, 4) is 0 Å². The minimum absolute atomic E-state index is 0.0994. The van der Waals surface area contributed by atoms with Crippen LogP contribution in [0.15, 0.2) is 146 Å². The molecule has 0 aliphatic rings. The molecule has 6 heteroatoms. The second kappa shape index (κ2) is 63.8. The van der Waals surface area contributed by atoms with Crippen LogP contribution >= 0.6 is 0 Å². The van der Waals surface area contributed by atoms with Gasteiger partial charge in [0.25, 0.3) is 0 Å². The predicted molar refractivity (Wildman–Crippen MR) is 334 cm³/mol. The van der Waals surface area contributed by atoms with Gasteiger partial charge in [0.05, 0.1) is 0 Å². The van der Waals surface area contributed by atoms with Gasteiger partial charge < -0.3 is 14.2 Å². The Morgan fingerprint density at radius 2 is 0.506 bits per heavy atom. The summed E-state index contributed by atoms with van der Waals surface area (Å²) in [6, 6.07) is 0. The van der Waals surface area contributed by atoms with Crippen LogP contribution in [0, 0.1) is 0 Å². The summed E-state index contributed by atoms with van der Waals surface area (Å²) >= 11 is 0. The van der Waals surface area contributed by atoms with Crippen LogP contribution in [-0.4, -0.2) is 37.2 Å². The van der Waals surface area contributed by atoms with E-state index in [1.54, 1.807) is 0 Å². The number of hydrogen-bond donors (Lipinski definition) is 0. The molecule has 0 aromatic carbocycles. The van der Waals surface area contributed by atoms with Crippen LogP contribution in [0.1, 0.15) is 265 Å². The minimum Gasteiger partial charge on any atom is -0.462 e. The Balaban J connectivity index is 4.39. The number of esters is 3. The van der Waals surface area contributed by atoms with E-state index in [4.69, 9.17) is 14.2 Å². The first kappa shape index (κ1) is 72.3. The van der Waals surface area contributed by atoms with Gasteiger partial charge in [-0.3, -0.25) is 14.4 Å². The largest absolute Gasteiger partial charge is 0.462 e. The molecule has 0 rings (SSSR count). The number of allylic oxidation sites excluding steroid dienone is 24. The van der Waals surface area contributed by atoms with Crippen molar-refractivity contribution >= 4 is 17.9 Å². The number of carbonyl (C=O) groups excluding carboxylic acids is 3. The summed E-state index contributed by atoms with van der Waals surface area (Å²) in [7, 11) is 0. The molecular formula is C71H114O6. The monoisotopic (exact) mass is 1060 g/mol. The molecule has 1 unspecified atom stereocenters. The molecule has 0 aromatic rings. The number of carbonyl (C=O) groups is 3. The zero-order valence-corrected chi connectivity index (χ0v) is 49.7. The molecule has 0 saturated carbocycles. The summed E-state index contributed by atoms with van der Waals surface area (Å²) in [5.41, 5.74) is 0. The Hall–Kier alpha value is -4.71. The van der Waals surface area contributed by atoms with Gasteiger partial charge in [-0.1, -0.05) is 256 Å². The van der Waals surface area contributed by atoms with Crippen molar-refractivity contribution in [1.82, 2.24) is 0 Å². The average molecular weight is 1060 g/mol. The maximum absolute atomic E-state index is 12.9. The first-order valence-corrected chi connectivity index (χ1v) is 31.3. The van der Waals surface area contributed by atoms with Crippen molar-refractivity contribution in [2.45, 2.75) is 271 Å². The molecule has 1 atom stereocenters. The van der Waals surface area contributed by atoms with E-state index < -0.39 is 6.10 Å². The molecule has 0 fully saturated rings. The van der Waals surface area contributed by atoms with Gasteiger partial charge in [0.15, 0.2) is 6.10 Å². The molecule has 6 nitrogen and oxygen atoms in total. The minimum atomic E-state index is -0.805. The van der Waals surface area contributed by atoms with Crippen molar-refractivity contribution in [2.24, 2.45) is 0 Å². The molecule has 0 saturated heterocycles. The maximum atomic E-state index is 12.9. The summed E-state index contributed by atoms with van der Waals surface area (Å²) in [5.74, 6) is -0.942. The molecule has 0 aromatic heterocycles. The molecule has 0 bridgehead atoms. The lowest BCUT2D eigenvalue weighted by molar-refractivity contribution is -0.167. The highest BCUT2D eigenvalue weighted by molar-refractivity contribution is 5.71. The number of hydrogen-bond acceptors (Lipinski definition) is 6. The molecule has 0 radical (unpaired) electrons. The van der Waals surface area contributed by atoms with E-state index in [0.717, 1.165) is 161 Å². The van der Waals surface area contributed by atoms with Crippen LogP contribution in [0.3, 0.4) is 0 Å². The number of unbranched alkanes of at least 4 members (excludes halogenated alkanes) is 20. The highest BCUT2D eigenvalue weighted by Gasteiger charge is 2.19. The van der Waals surface area contributed by atoms with Gasteiger partial charge >= 0.3 is 17.9 Å². The predicted octanol–water partition coefficient (Wildman–Crippen LogP) is 21.5. The Kier molecular flexibility index (Phi) is 59.9. The van der Waals surface area contributed by atoms with Crippen LogP contribution in [0.4, 0.5) is 0 Å². The molecule has 0 heterocycles. The SMILES string of the molecule is CC/C=C\C/C=C\C/C=C\C/C=C\C/C=C\C/C=C\CCCCCCC(=O)OC(COC(=O)CCCCCCC/C=C\CCCC)COC(=O)CCCCCCCCCCC/C=C\C/C=C\C/C=C\C/C=C\C/C=C\CC. The fourth-order valence-corrected chi connectivity index (χ4v) is 8.16. The highest BCUT2D eigenvalue weighted by Crippen LogP contribution is 2.14. The quantitative estimate of drug-likeness (QED) is 0.0261. The van der Waals surface area contributed by atoms with Crippen molar-refractivity contribution < 1.29 is 28.6 Å². The maximum Gasteiger partial charge on any atom is 0.306 e. The van der Waals surface area contributed by atoms with Gasteiger partial charge in [-0.15, -0.1) is 0 Å². The van der Waals surface area contributed by atoms with Crippen molar-refractivity contribution in [2.75, 3.05) is 13.2 Å². The lowest BCUT2D eigenvalue weighted by Gasteiger charge is -2.18. The normalized spacial score (nSPS) is 13.1. The summed E-state index contributed by atoms with van der Waals surface area (Å²) in [4.78, 5) is 38.2. The van der Waals surface area contributed by atoms with Gasteiger partial charge in [0, 0.05) is 19.3 Å². The summed E-state index contributed by atoms with van der Waals surface area (Å²) in [6.07, 6.45) is 91.3. The molecule has 0 N–H and O–H groups in total. The summed E-state index contributed by atoms with van der Waals surface area (Å²) in [6.45, 7) is 6.34. The van der Waals surface area contributed by atoms with Gasteiger partial charge in [-0.25, -0.2) is 0 Å². The van der Waals surface area contributed by atoms with Crippen LogP contribution < -0.4 is 0 Å². The van der Waals surface area contributed by atoms with Crippen molar-refractivity contribution in [3.05, 3.63) is 146 Å². The summed E-state index contributed by atoms with van der Waals surface area (Å²) in [5, 5.41) is 0. The van der Waals surface area contributed by atoms with Crippen LogP contribution in [0.2, 0.25) is 0 Å². The van der Waals surface area contributed by atoms with Gasteiger partial charge in [-0.2, -0.15) is 0 Å². The Bertz CT molecular complexity index is 1700. The molecule has 0 aliphatic heterocycles. The second-order valence-electron chi connectivity index (χ2n) is 20.2. The highest BCUT2D eigenvalue weighted by atomic mass is 16.6. The van der Waals surface area contributed by atoms with E-state index in [1.165, 1.54) is 64.2 Å². The smallest absolute Gasteiger partial charge is 0.306 e. The van der Waals surface area contributed by atoms with Crippen LogP contribution in [0.25, 0.3) is 0 Å². The third kappa shape index (κ3) is 62.0. The van der Waals surface area contributed by atoms with Crippen molar-refractivity contribution in [3.63, 3.8) is 0 Å². The molecule has 434 valence electrons. The molecular weight excluding hydrogens is 949 g/mol. The standard InChI is InChI=1S/C71H114O6/c1-4-7-10-13-16-19-22-24-26-28-30-32-34-35-37-38-40-42-44-46-49-52-55-58-61-64-70(73)76-67-68(66-75-69(72)63-60-57-54-51-48-21-18-15-12-9-6-3)77-71(74)65-62-59-56-53-50-47-45-43-41-39-36-33-31-29-27-25-23-20-17-14-11-8-5-2/h7-8,10-11,15-20,24-27,30-33,35,37,39,41,45,47,68H,4-6,9,12-14,21-23,28-29,34,36,38,40,42-44,46,48-67H2,1-3H3/b10-7-,11-8-,18-15-,19-16-,20-17-,26-24-,27-25-,32-30-,33-31-,37-35-,41-39-,47-45-. The molecule has 0 amide bonds. The Labute approximate surface area is 474 Å². The second-order valence-corrected chi connectivity index (χ2v) is 20.2. The van der Waals surface area contributed by atoms with E-state index in [2.05, 4.69) is 167 Å². The van der Waals surface area contributed by atoms with E-state index in [1.807, 2.05) is 0 Å². The van der Waals surface area contributed by atoms with Gasteiger partial charge in [0.1, 0.15) is 13.2 Å². The van der Waals surface area contributed by atoms with Gasteiger partial charge in [0.2, 0.25) is 0 Å². The third-order valence-electron chi connectivity index (χ3n) is 12.8. The Morgan fingerprint density at radius 3 is 0.805 bits per heavy atom. The Morgan fingerprint density at radius 1 is 0.273 bits per heavy atom. The topological polar surface area (TPSA) is 78.9 Å². The third-order valence-corrected chi connectivity index (χ3v) is 12.8. The van der Waals surface area contributed by atoms with E-state index in [-0.39, 0.29) is 37.5 Å². The first-order valence-electron chi connectivity index (χ1n) is 31.3. The van der Waals surface area contributed by atoms with Crippen LogP contribution in [0.5, 0.6) is 0 Å². The van der Waals surface area contributed by atoms with Gasteiger partial charge in [-0.05, 0) is 135 Å². The summed E-state index contributed by atoms with van der Waals surface area (Å²) < 4.78 is 16.9. The fourth-order valence-electron chi connectivity index (χ4n) is 8.16. The van der Waals surface area contributed by atoms with Crippen molar-refractivity contribution in [1.29, 1.82) is 0 Å². The zero-order chi connectivity index (χ0) is 55.7. The lowest BCUT2D eigenvalue weighted by atomic mass is 10.1.